The van der Waals surface area contributed by atoms with Crippen LogP contribution in [0.3, 0.4) is 0 Å². The van der Waals surface area contributed by atoms with Crippen molar-refractivity contribution in [3.63, 3.8) is 0 Å². The highest BCUT2D eigenvalue weighted by molar-refractivity contribution is 5.78. The molecule has 4 nitrogen and oxygen atoms in total. The van der Waals surface area contributed by atoms with Crippen LogP contribution >= 0.6 is 0 Å². The summed E-state index contributed by atoms with van der Waals surface area (Å²) in [4.78, 5) is 11.6. The number of aliphatic carboxylic acids is 1. The molecule has 0 heterocycles. The summed E-state index contributed by atoms with van der Waals surface area (Å²) in [7, 11) is 0. The number of hydrogen-bond donors (Lipinski definition) is 2. The van der Waals surface area contributed by atoms with Gasteiger partial charge in [0.1, 0.15) is 5.54 Å². The molecule has 1 unspecified atom stereocenters. The lowest BCUT2D eigenvalue weighted by Crippen LogP contribution is -2.52. The van der Waals surface area contributed by atoms with E-state index in [1.54, 1.807) is 0 Å². The molecule has 0 aromatic rings. The molecule has 1 aliphatic carbocycles. The molecular formula is C16H31NO3. The van der Waals surface area contributed by atoms with Gasteiger partial charge in [-0.05, 0) is 50.9 Å². The van der Waals surface area contributed by atoms with Gasteiger partial charge in [0.2, 0.25) is 0 Å². The van der Waals surface area contributed by atoms with Crippen LogP contribution in [-0.2, 0) is 9.53 Å². The number of carboxylic acid groups (broad SMARTS) is 1. The van der Waals surface area contributed by atoms with Gasteiger partial charge in [0, 0.05) is 19.3 Å². The topological polar surface area (TPSA) is 58.6 Å². The van der Waals surface area contributed by atoms with Crippen LogP contribution in [0.15, 0.2) is 0 Å². The van der Waals surface area contributed by atoms with Crippen molar-refractivity contribution in [3.8, 4) is 0 Å². The van der Waals surface area contributed by atoms with Crippen LogP contribution in [0.1, 0.15) is 65.7 Å². The van der Waals surface area contributed by atoms with Crippen LogP contribution in [-0.4, -0.2) is 35.9 Å². The molecule has 1 rings (SSSR count). The molecule has 0 aromatic carbocycles. The lowest BCUT2D eigenvalue weighted by molar-refractivity contribution is -0.145. The number of hydrogen-bond acceptors (Lipinski definition) is 3. The van der Waals surface area contributed by atoms with E-state index in [0.717, 1.165) is 38.2 Å². The SMILES string of the molecule is CCC(CCCOCCCC(C)C)(NC1CC1)C(=O)O. The minimum Gasteiger partial charge on any atom is -0.480 e. The van der Waals surface area contributed by atoms with Gasteiger partial charge >= 0.3 is 5.97 Å². The van der Waals surface area contributed by atoms with Crippen LogP contribution in [0.4, 0.5) is 0 Å². The second-order valence-corrected chi connectivity index (χ2v) is 6.41. The third-order valence-electron chi connectivity index (χ3n) is 4.03. The molecule has 20 heavy (non-hydrogen) atoms. The van der Waals surface area contributed by atoms with Gasteiger partial charge in [-0.25, -0.2) is 0 Å². The van der Waals surface area contributed by atoms with E-state index in [2.05, 4.69) is 19.2 Å². The zero-order valence-electron chi connectivity index (χ0n) is 13.3. The predicted octanol–water partition coefficient (Wildman–Crippen LogP) is 3.20. The van der Waals surface area contributed by atoms with E-state index >= 15 is 0 Å². The molecule has 0 spiro atoms. The van der Waals surface area contributed by atoms with Crippen molar-refractivity contribution in [2.24, 2.45) is 5.92 Å². The molecule has 0 amide bonds. The Labute approximate surface area is 123 Å². The molecule has 1 aliphatic rings. The minimum absolute atomic E-state index is 0.415. The first-order chi connectivity index (χ1) is 9.50. The molecule has 0 radical (unpaired) electrons. The fourth-order valence-electron chi connectivity index (χ4n) is 2.46. The summed E-state index contributed by atoms with van der Waals surface area (Å²) in [5.74, 6) is 0.00722. The molecule has 1 fully saturated rings. The zero-order chi connectivity index (χ0) is 15.0. The summed E-state index contributed by atoms with van der Waals surface area (Å²) in [6.07, 6.45) is 6.60. The van der Waals surface area contributed by atoms with E-state index in [1.165, 1.54) is 6.42 Å². The Morgan fingerprint density at radius 2 is 2.00 bits per heavy atom. The summed E-state index contributed by atoms with van der Waals surface area (Å²) in [5, 5.41) is 12.8. The zero-order valence-corrected chi connectivity index (χ0v) is 13.3. The van der Waals surface area contributed by atoms with Gasteiger partial charge in [-0.3, -0.25) is 10.1 Å². The molecule has 4 heteroatoms. The third-order valence-corrected chi connectivity index (χ3v) is 4.03. The van der Waals surface area contributed by atoms with Crippen molar-refractivity contribution in [3.05, 3.63) is 0 Å². The second-order valence-electron chi connectivity index (χ2n) is 6.41. The average Bonchev–Trinajstić information content (AvgIpc) is 3.19. The van der Waals surface area contributed by atoms with Crippen LogP contribution in [0.2, 0.25) is 0 Å². The Kier molecular flexibility index (Phi) is 7.52. The van der Waals surface area contributed by atoms with Crippen LogP contribution in [0, 0.1) is 5.92 Å². The van der Waals surface area contributed by atoms with E-state index in [0.29, 0.717) is 25.5 Å². The summed E-state index contributed by atoms with van der Waals surface area (Å²) in [6, 6.07) is 0.415. The average molecular weight is 285 g/mol. The monoisotopic (exact) mass is 285 g/mol. The van der Waals surface area contributed by atoms with Gasteiger partial charge in [0.05, 0.1) is 0 Å². The van der Waals surface area contributed by atoms with Crippen molar-refractivity contribution >= 4 is 5.97 Å². The highest BCUT2D eigenvalue weighted by Gasteiger charge is 2.40. The first kappa shape index (κ1) is 17.4. The summed E-state index contributed by atoms with van der Waals surface area (Å²) in [5.41, 5.74) is -0.748. The Bertz CT molecular complexity index is 289. The lowest BCUT2D eigenvalue weighted by Gasteiger charge is -2.29. The first-order valence-corrected chi connectivity index (χ1v) is 8.09. The molecule has 0 aromatic heterocycles. The molecule has 0 saturated heterocycles. The Morgan fingerprint density at radius 3 is 2.50 bits per heavy atom. The highest BCUT2D eigenvalue weighted by Crippen LogP contribution is 2.27. The Hall–Kier alpha value is -0.610. The molecule has 1 saturated carbocycles. The largest absolute Gasteiger partial charge is 0.480 e. The number of rotatable bonds is 12. The van der Waals surface area contributed by atoms with E-state index in [9.17, 15) is 9.90 Å². The highest BCUT2D eigenvalue weighted by atomic mass is 16.5. The Morgan fingerprint density at radius 1 is 1.35 bits per heavy atom. The van der Waals surface area contributed by atoms with E-state index in [-0.39, 0.29) is 0 Å². The van der Waals surface area contributed by atoms with Gasteiger partial charge in [-0.1, -0.05) is 20.8 Å². The predicted molar refractivity (Wildman–Crippen MR) is 80.9 cm³/mol. The van der Waals surface area contributed by atoms with Gasteiger partial charge in [-0.15, -0.1) is 0 Å². The van der Waals surface area contributed by atoms with Crippen molar-refractivity contribution in [2.45, 2.75) is 77.3 Å². The van der Waals surface area contributed by atoms with Gasteiger partial charge < -0.3 is 9.84 Å². The van der Waals surface area contributed by atoms with Gasteiger partial charge in [-0.2, -0.15) is 0 Å². The second kappa shape index (κ2) is 8.63. The normalized spacial score (nSPS) is 18.2. The molecule has 0 bridgehead atoms. The maximum absolute atomic E-state index is 11.6. The van der Waals surface area contributed by atoms with Crippen molar-refractivity contribution in [2.75, 3.05) is 13.2 Å². The van der Waals surface area contributed by atoms with Gasteiger partial charge in [0.15, 0.2) is 0 Å². The quantitative estimate of drug-likeness (QED) is 0.541. The third kappa shape index (κ3) is 6.23. The first-order valence-electron chi connectivity index (χ1n) is 8.09. The smallest absolute Gasteiger partial charge is 0.323 e. The molecular weight excluding hydrogens is 254 g/mol. The van der Waals surface area contributed by atoms with Crippen LogP contribution < -0.4 is 5.32 Å². The summed E-state index contributed by atoms with van der Waals surface area (Å²) < 4.78 is 5.60. The lowest BCUT2D eigenvalue weighted by atomic mass is 9.90. The minimum atomic E-state index is -0.748. The number of carboxylic acids is 1. The standard InChI is InChI=1S/C16H31NO3/c1-4-16(15(18)19,17-14-8-9-14)10-6-12-20-11-5-7-13(2)3/h13-14,17H,4-12H2,1-3H3,(H,18,19). The number of ether oxygens (including phenoxy) is 1. The van der Waals surface area contributed by atoms with E-state index < -0.39 is 11.5 Å². The fraction of sp³-hybridized carbons (Fsp3) is 0.938. The van der Waals surface area contributed by atoms with Gasteiger partial charge in [0.25, 0.3) is 0 Å². The Balaban J connectivity index is 2.19. The fourth-order valence-corrected chi connectivity index (χ4v) is 2.46. The summed E-state index contributed by atoms with van der Waals surface area (Å²) >= 11 is 0. The van der Waals surface area contributed by atoms with Crippen molar-refractivity contribution < 1.29 is 14.6 Å². The molecule has 118 valence electrons. The molecule has 1 atom stereocenters. The number of carbonyl (C=O) groups is 1. The summed E-state index contributed by atoms with van der Waals surface area (Å²) in [6.45, 7) is 7.84. The maximum Gasteiger partial charge on any atom is 0.323 e. The molecule has 0 aliphatic heterocycles. The van der Waals surface area contributed by atoms with Crippen LogP contribution in [0.25, 0.3) is 0 Å². The van der Waals surface area contributed by atoms with E-state index in [1.807, 2.05) is 6.92 Å². The maximum atomic E-state index is 11.6. The van der Waals surface area contributed by atoms with Crippen LogP contribution in [0.5, 0.6) is 0 Å². The van der Waals surface area contributed by atoms with E-state index in [4.69, 9.17) is 4.74 Å². The van der Waals surface area contributed by atoms with Crippen molar-refractivity contribution in [1.29, 1.82) is 0 Å². The number of nitrogens with one attached hydrogen (secondary N) is 1. The molecule has 2 N–H and O–H groups in total. The van der Waals surface area contributed by atoms with Crippen molar-refractivity contribution in [1.82, 2.24) is 5.32 Å².